The van der Waals surface area contributed by atoms with Crippen molar-refractivity contribution in [2.24, 2.45) is 4.99 Å². The number of halogens is 1. The topological polar surface area (TPSA) is 137 Å². The maximum Gasteiger partial charge on any atom is 0.269 e. The fraction of sp³-hybridized carbons (Fsp3) is 0.103. The molecular formula is C29H20BrN3O7. The SMILES string of the molecule is CCOc1cc(C=Nc2oc(-c3ccco3)c(-c3ccco3)c2C#N)cc(Br)c1OCc1ccc([N+](=O)[O-])cc1. The summed E-state index contributed by atoms with van der Waals surface area (Å²) >= 11 is 3.54. The number of nitro groups is 1. The molecule has 3 aromatic heterocycles. The molecule has 2 aromatic carbocycles. The van der Waals surface area contributed by atoms with Gasteiger partial charge in [0.1, 0.15) is 24.0 Å². The molecule has 0 saturated carbocycles. The van der Waals surface area contributed by atoms with E-state index >= 15 is 0 Å². The Bertz CT molecular complexity index is 1700. The number of benzene rings is 2. The number of hydrogen-bond donors (Lipinski definition) is 0. The van der Waals surface area contributed by atoms with Gasteiger partial charge in [-0.15, -0.1) is 0 Å². The van der Waals surface area contributed by atoms with Crippen LogP contribution in [0.3, 0.4) is 0 Å². The van der Waals surface area contributed by atoms with Gasteiger partial charge in [0.05, 0.1) is 34.1 Å². The van der Waals surface area contributed by atoms with Gasteiger partial charge in [0.2, 0.25) is 5.88 Å². The zero-order valence-electron chi connectivity index (χ0n) is 21.0. The third-order valence-corrected chi connectivity index (χ3v) is 6.30. The van der Waals surface area contributed by atoms with E-state index in [9.17, 15) is 15.4 Å². The van der Waals surface area contributed by atoms with Gasteiger partial charge < -0.3 is 22.7 Å². The number of hydrogen-bond acceptors (Lipinski definition) is 9. The molecule has 0 spiro atoms. The number of ether oxygens (including phenoxy) is 2. The van der Waals surface area contributed by atoms with Crippen molar-refractivity contribution in [3.05, 3.63) is 104 Å². The van der Waals surface area contributed by atoms with Crippen LogP contribution in [0.2, 0.25) is 0 Å². The zero-order valence-corrected chi connectivity index (χ0v) is 22.6. The highest BCUT2D eigenvalue weighted by atomic mass is 79.9. The van der Waals surface area contributed by atoms with E-state index in [0.717, 1.165) is 5.56 Å². The van der Waals surface area contributed by atoms with Crippen LogP contribution in [0.1, 0.15) is 23.6 Å². The maximum absolute atomic E-state index is 10.9. The Kier molecular flexibility index (Phi) is 7.80. The normalized spacial score (nSPS) is 11.0. The molecule has 0 fully saturated rings. The lowest BCUT2D eigenvalue weighted by Crippen LogP contribution is -2.01. The molecule has 40 heavy (non-hydrogen) atoms. The lowest BCUT2D eigenvalue weighted by molar-refractivity contribution is -0.384. The zero-order chi connectivity index (χ0) is 28.1. The van der Waals surface area contributed by atoms with E-state index in [-0.39, 0.29) is 23.7 Å². The third kappa shape index (κ3) is 5.52. The second-order valence-corrected chi connectivity index (χ2v) is 9.14. The van der Waals surface area contributed by atoms with Crippen LogP contribution in [0, 0.1) is 21.4 Å². The Balaban J connectivity index is 1.45. The Morgan fingerprint density at radius 2 is 1.80 bits per heavy atom. The Hall–Kier alpha value is -5.08. The van der Waals surface area contributed by atoms with Crippen molar-refractivity contribution >= 4 is 33.7 Å². The average molecular weight is 602 g/mol. The Labute approximate surface area is 236 Å². The number of aliphatic imine (C=N–C) groups is 1. The third-order valence-electron chi connectivity index (χ3n) is 5.71. The minimum Gasteiger partial charge on any atom is -0.490 e. The predicted molar refractivity (Wildman–Crippen MR) is 149 cm³/mol. The van der Waals surface area contributed by atoms with Crippen LogP contribution in [0.4, 0.5) is 11.6 Å². The summed E-state index contributed by atoms with van der Waals surface area (Å²) in [6, 6.07) is 18.7. The lowest BCUT2D eigenvalue weighted by Gasteiger charge is -2.14. The minimum atomic E-state index is -0.452. The van der Waals surface area contributed by atoms with Gasteiger partial charge in [-0.3, -0.25) is 10.1 Å². The van der Waals surface area contributed by atoms with Crippen LogP contribution in [-0.4, -0.2) is 17.7 Å². The van der Waals surface area contributed by atoms with Crippen LogP contribution in [0.25, 0.3) is 22.8 Å². The Morgan fingerprint density at radius 1 is 1.07 bits per heavy atom. The smallest absolute Gasteiger partial charge is 0.269 e. The van der Waals surface area contributed by atoms with Crippen molar-refractivity contribution in [2.45, 2.75) is 13.5 Å². The molecule has 0 bridgehead atoms. The van der Waals surface area contributed by atoms with Crippen LogP contribution in [0.5, 0.6) is 11.5 Å². The number of non-ortho nitro benzene ring substituents is 1. The molecule has 200 valence electrons. The van der Waals surface area contributed by atoms with E-state index in [1.807, 2.05) is 6.92 Å². The summed E-state index contributed by atoms with van der Waals surface area (Å²) in [5.41, 5.74) is 2.06. The fourth-order valence-electron chi connectivity index (χ4n) is 3.92. The van der Waals surface area contributed by atoms with Crippen molar-refractivity contribution in [2.75, 3.05) is 6.61 Å². The number of nitrogens with zero attached hydrogens (tertiary/aromatic N) is 3. The first kappa shape index (κ1) is 26.5. The van der Waals surface area contributed by atoms with Gasteiger partial charge >= 0.3 is 0 Å². The number of rotatable bonds is 10. The summed E-state index contributed by atoms with van der Waals surface area (Å²) in [6.07, 6.45) is 4.57. The lowest BCUT2D eigenvalue weighted by atomic mass is 10.1. The minimum absolute atomic E-state index is 0.00671. The highest BCUT2D eigenvalue weighted by Crippen LogP contribution is 2.43. The molecule has 0 radical (unpaired) electrons. The molecule has 0 unspecified atom stereocenters. The van der Waals surface area contributed by atoms with E-state index in [1.165, 1.54) is 24.7 Å². The van der Waals surface area contributed by atoms with Gasteiger partial charge in [0.15, 0.2) is 23.0 Å². The first-order valence-electron chi connectivity index (χ1n) is 12.0. The van der Waals surface area contributed by atoms with Crippen molar-refractivity contribution in [1.82, 2.24) is 0 Å². The molecule has 10 nitrogen and oxygen atoms in total. The van der Waals surface area contributed by atoms with Gasteiger partial charge in [-0.25, -0.2) is 4.99 Å². The molecule has 0 aliphatic heterocycles. The van der Waals surface area contributed by atoms with E-state index in [2.05, 4.69) is 27.0 Å². The van der Waals surface area contributed by atoms with Crippen LogP contribution in [0.15, 0.2) is 95.9 Å². The maximum atomic E-state index is 10.9. The summed E-state index contributed by atoms with van der Waals surface area (Å²) in [4.78, 5) is 14.9. The van der Waals surface area contributed by atoms with Crippen LogP contribution in [-0.2, 0) is 6.61 Å². The number of furan rings is 3. The van der Waals surface area contributed by atoms with Crippen molar-refractivity contribution < 1.29 is 27.6 Å². The summed E-state index contributed by atoms with van der Waals surface area (Å²) in [5, 5.41) is 20.9. The molecule has 3 heterocycles. The van der Waals surface area contributed by atoms with Crippen molar-refractivity contribution in [1.29, 1.82) is 5.26 Å². The first-order valence-corrected chi connectivity index (χ1v) is 12.8. The molecule has 0 atom stereocenters. The van der Waals surface area contributed by atoms with Gasteiger partial charge in [0, 0.05) is 18.3 Å². The van der Waals surface area contributed by atoms with Crippen molar-refractivity contribution in [3.63, 3.8) is 0 Å². The second kappa shape index (κ2) is 11.8. The number of nitriles is 1. The van der Waals surface area contributed by atoms with Gasteiger partial charge in [-0.05, 0) is 82.5 Å². The molecule has 0 N–H and O–H groups in total. The quantitative estimate of drug-likeness (QED) is 0.0889. The van der Waals surface area contributed by atoms with E-state index < -0.39 is 4.92 Å². The van der Waals surface area contributed by atoms with Gasteiger partial charge in [-0.2, -0.15) is 5.26 Å². The molecular weight excluding hydrogens is 582 g/mol. The summed E-state index contributed by atoms with van der Waals surface area (Å²) < 4.78 is 29.5. The predicted octanol–water partition coefficient (Wildman–Crippen LogP) is 8.07. The second-order valence-electron chi connectivity index (χ2n) is 8.29. The molecule has 11 heteroatoms. The molecule has 0 aliphatic rings. The van der Waals surface area contributed by atoms with Crippen LogP contribution < -0.4 is 9.47 Å². The van der Waals surface area contributed by atoms with Gasteiger partial charge in [-0.1, -0.05) is 0 Å². The molecule has 5 aromatic rings. The van der Waals surface area contributed by atoms with Crippen molar-refractivity contribution in [3.8, 4) is 40.4 Å². The summed E-state index contributed by atoms with van der Waals surface area (Å²) in [6.45, 7) is 2.41. The standard InChI is InChI=1S/C29H20BrN3O7/c1-2-36-25-14-19(13-22(30)27(25)39-17-18-7-9-20(10-8-18)33(34)35)16-32-29-21(15-31)26(23-5-3-11-37-23)28(40-29)24-6-4-12-38-24/h3-14,16H,2,17H2,1H3. The van der Waals surface area contributed by atoms with E-state index in [4.69, 9.17) is 22.7 Å². The largest absolute Gasteiger partial charge is 0.490 e. The molecule has 0 aliphatic carbocycles. The highest BCUT2D eigenvalue weighted by Gasteiger charge is 2.26. The summed E-state index contributed by atoms with van der Waals surface area (Å²) in [7, 11) is 0. The highest BCUT2D eigenvalue weighted by molar-refractivity contribution is 9.10. The summed E-state index contributed by atoms with van der Waals surface area (Å²) in [5.74, 6) is 2.23. The molecule has 0 saturated heterocycles. The van der Waals surface area contributed by atoms with Crippen LogP contribution >= 0.6 is 15.9 Å². The average Bonchev–Trinajstić information content (AvgIpc) is 3.72. The van der Waals surface area contributed by atoms with Gasteiger partial charge in [0.25, 0.3) is 5.69 Å². The number of nitro benzene ring substituents is 1. The van der Waals surface area contributed by atoms with E-state index in [0.29, 0.717) is 51.0 Å². The monoisotopic (exact) mass is 601 g/mol. The van der Waals surface area contributed by atoms with E-state index in [1.54, 1.807) is 54.7 Å². The molecule has 5 rings (SSSR count). The first-order chi connectivity index (χ1) is 19.5. The fourth-order valence-corrected chi connectivity index (χ4v) is 4.49. The Morgan fingerprint density at radius 3 is 2.42 bits per heavy atom. The molecule has 0 amide bonds.